The van der Waals surface area contributed by atoms with Crippen LogP contribution in [0, 0.1) is 5.41 Å². The number of nitrogens with two attached hydrogens (primary N) is 1. The van der Waals surface area contributed by atoms with Gasteiger partial charge in [-0.05, 0) is 56.2 Å². The number of rotatable bonds is 15. The van der Waals surface area contributed by atoms with Crippen LogP contribution in [0.1, 0.15) is 86.1 Å². The molecule has 2 N–H and O–H groups in total. The van der Waals surface area contributed by atoms with Gasteiger partial charge in [-0.1, -0.05) is 53.5 Å². The maximum Gasteiger partial charge on any atom is 0.513 e. The maximum atomic E-state index is 12.6. The summed E-state index contributed by atoms with van der Waals surface area (Å²) < 4.78 is 31.3. The van der Waals surface area contributed by atoms with Gasteiger partial charge < -0.3 is 34.2 Å². The number of ether oxygens (including phenoxy) is 6. The van der Waals surface area contributed by atoms with Crippen molar-refractivity contribution in [2.24, 2.45) is 11.1 Å². The minimum atomic E-state index is -1.07. The molecule has 0 aromatic heterocycles. The number of carbonyl (C=O) groups excluding carboxylic acids is 4. The predicted molar refractivity (Wildman–Crippen MR) is 147 cm³/mol. The highest BCUT2D eigenvalue weighted by molar-refractivity contribution is 5.76. The van der Waals surface area contributed by atoms with E-state index in [0.29, 0.717) is 18.4 Å². The molecule has 3 atom stereocenters. The molecule has 1 rings (SSSR count). The first-order valence-corrected chi connectivity index (χ1v) is 13.7. The molecule has 0 aliphatic rings. The standard InChI is InChI=1S/C29H45NO10/c1-8-10-14-35-27(33)39-23-13-12-21(17-24(23)40-28(34)36-15-11-9-2)16-22(30)26(32)38-20(4)19(3)37-25(31)18-29(5,6)7/h12-13,17,19-20,22H,8-11,14-16,18,30H2,1-7H3/t19?,20-,22-/m0/s1. The van der Waals surface area contributed by atoms with Gasteiger partial charge in [-0.15, -0.1) is 0 Å². The van der Waals surface area contributed by atoms with Crippen LogP contribution in [-0.2, 0) is 35.0 Å². The average Bonchev–Trinajstić information content (AvgIpc) is 2.84. The lowest BCUT2D eigenvalue weighted by Gasteiger charge is -2.24. The topological polar surface area (TPSA) is 150 Å². The molecule has 0 aliphatic carbocycles. The summed E-state index contributed by atoms with van der Waals surface area (Å²) in [5.41, 5.74) is 6.35. The molecular formula is C29H45NO10. The summed E-state index contributed by atoms with van der Waals surface area (Å²) in [6.45, 7) is 13.3. The minimum Gasteiger partial charge on any atom is -0.459 e. The number of benzene rings is 1. The molecule has 1 unspecified atom stereocenters. The molecule has 0 aliphatic heterocycles. The number of carbonyl (C=O) groups is 4. The second-order valence-electron chi connectivity index (χ2n) is 10.8. The second kappa shape index (κ2) is 17.4. The van der Waals surface area contributed by atoms with E-state index in [-0.39, 0.29) is 48.9 Å². The average molecular weight is 568 g/mol. The lowest BCUT2D eigenvalue weighted by atomic mass is 9.92. The van der Waals surface area contributed by atoms with Crippen LogP contribution in [0.15, 0.2) is 18.2 Å². The van der Waals surface area contributed by atoms with Gasteiger partial charge in [0, 0.05) is 0 Å². The van der Waals surface area contributed by atoms with Crippen LogP contribution in [-0.4, -0.2) is 55.7 Å². The van der Waals surface area contributed by atoms with Crippen molar-refractivity contribution in [3.05, 3.63) is 23.8 Å². The summed E-state index contributed by atoms with van der Waals surface area (Å²) in [5, 5.41) is 0. The van der Waals surface area contributed by atoms with Crippen LogP contribution < -0.4 is 15.2 Å². The molecular weight excluding hydrogens is 522 g/mol. The summed E-state index contributed by atoms with van der Waals surface area (Å²) in [4.78, 5) is 49.0. The van der Waals surface area contributed by atoms with Crippen molar-refractivity contribution >= 4 is 24.2 Å². The fourth-order valence-electron chi connectivity index (χ4n) is 3.16. The lowest BCUT2D eigenvalue weighted by molar-refractivity contribution is -0.167. The first kappa shape index (κ1) is 34.7. The number of esters is 2. The Hall–Kier alpha value is -3.34. The van der Waals surface area contributed by atoms with E-state index in [4.69, 9.17) is 34.2 Å². The van der Waals surface area contributed by atoms with E-state index in [1.54, 1.807) is 19.9 Å². The zero-order valence-corrected chi connectivity index (χ0v) is 24.8. The molecule has 0 saturated heterocycles. The van der Waals surface area contributed by atoms with Gasteiger partial charge in [0.1, 0.15) is 18.2 Å². The Kier molecular flexibility index (Phi) is 15.1. The molecule has 1 aromatic rings. The summed E-state index contributed by atoms with van der Waals surface area (Å²) in [5.74, 6) is -1.25. The molecule has 40 heavy (non-hydrogen) atoms. The Balaban J connectivity index is 2.88. The van der Waals surface area contributed by atoms with Crippen LogP contribution >= 0.6 is 0 Å². The molecule has 1 aromatic carbocycles. The highest BCUT2D eigenvalue weighted by atomic mass is 16.7. The summed E-state index contributed by atoms with van der Waals surface area (Å²) in [7, 11) is 0. The normalized spacial score (nSPS) is 13.4. The van der Waals surface area contributed by atoms with E-state index in [1.165, 1.54) is 12.1 Å². The Morgan fingerprint density at radius 2 is 1.35 bits per heavy atom. The van der Waals surface area contributed by atoms with Crippen molar-refractivity contribution in [2.45, 2.75) is 105 Å². The van der Waals surface area contributed by atoms with E-state index < -0.39 is 36.5 Å². The van der Waals surface area contributed by atoms with Crippen molar-refractivity contribution < 1.29 is 47.6 Å². The zero-order valence-electron chi connectivity index (χ0n) is 24.8. The van der Waals surface area contributed by atoms with Gasteiger partial charge in [-0.2, -0.15) is 0 Å². The first-order valence-electron chi connectivity index (χ1n) is 13.7. The third-order valence-corrected chi connectivity index (χ3v) is 5.54. The summed E-state index contributed by atoms with van der Waals surface area (Å²) in [6, 6.07) is 3.32. The second-order valence-corrected chi connectivity index (χ2v) is 10.8. The van der Waals surface area contributed by atoms with Crippen molar-refractivity contribution in [1.29, 1.82) is 0 Å². The van der Waals surface area contributed by atoms with Crippen molar-refractivity contribution in [2.75, 3.05) is 13.2 Å². The highest BCUT2D eigenvalue weighted by Gasteiger charge is 2.26. The van der Waals surface area contributed by atoms with Gasteiger partial charge in [-0.25, -0.2) is 9.59 Å². The summed E-state index contributed by atoms with van der Waals surface area (Å²) >= 11 is 0. The van der Waals surface area contributed by atoms with E-state index in [1.807, 2.05) is 34.6 Å². The molecule has 0 fully saturated rings. The zero-order chi connectivity index (χ0) is 30.3. The Bertz CT molecular complexity index is 972. The maximum absolute atomic E-state index is 12.6. The van der Waals surface area contributed by atoms with E-state index in [9.17, 15) is 19.2 Å². The largest absolute Gasteiger partial charge is 0.513 e. The predicted octanol–water partition coefficient (Wildman–Crippen LogP) is 5.49. The van der Waals surface area contributed by atoms with Gasteiger partial charge >= 0.3 is 24.2 Å². The van der Waals surface area contributed by atoms with Gasteiger partial charge in [0.25, 0.3) is 0 Å². The highest BCUT2D eigenvalue weighted by Crippen LogP contribution is 2.30. The van der Waals surface area contributed by atoms with Crippen molar-refractivity contribution in [3.63, 3.8) is 0 Å². The van der Waals surface area contributed by atoms with Crippen LogP contribution in [0.2, 0.25) is 0 Å². The molecule has 0 spiro atoms. The molecule has 0 amide bonds. The monoisotopic (exact) mass is 567 g/mol. The molecule has 0 radical (unpaired) electrons. The lowest BCUT2D eigenvalue weighted by Crippen LogP contribution is -2.39. The van der Waals surface area contributed by atoms with Crippen LogP contribution in [0.5, 0.6) is 11.5 Å². The van der Waals surface area contributed by atoms with Crippen molar-refractivity contribution in [3.8, 4) is 11.5 Å². The number of hydrogen-bond donors (Lipinski definition) is 1. The Morgan fingerprint density at radius 3 is 1.88 bits per heavy atom. The smallest absolute Gasteiger partial charge is 0.459 e. The first-order chi connectivity index (χ1) is 18.7. The molecule has 11 heteroatoms. The number of hydrogen-bond acceptors (Lipinski definition) is 11. The minimum absolute atomic E-state index is 0.0201. The molecule has 226 valence electrons. The quantitative estimate of drug-likeness (QED) is 0.124. The third kappa shape index (κ3) is 14.2. The van der Waals surface area contributed by atoms with E-state index >= 15 is 0 Å². The van der Waals surface area contributed by atoms with Crippen LogP contribution in [0.3, 0.4) is 0 Å². The van der Waals surface area contributed by atoms with Gasteiger partial charge in [-0.3, -0.25) is 9.59 Å². The van der Waals surface area contributed by atoms with E-state index in [2.05, 4.69) is 0 Å². The Labute approximate surface area is 236 Å². The fourth-order valence-corrected chi connectivity index (χ4v) is 3.16. The van der Waals surface area contributed by atoms with Gasteiger partial charge in [0.05, 0.1) is 19.6 Å². The Morgan fingerprint density at radius 1 is 0.825 bits per heavy atom. The van der Waals surface area contributed by atoms with Crippen LogP contribution in [0.4, 0.5) is 9.59 Å². The fraction of sp³-hybridized carbons (Fsp3) is 0.655. The molecule has 0 bridgehead atoms. The molecule has 0 saturated carbocycles. The van der Waals surface area contributed by atoms with Crippen LogP contribution in [0.25, 0.3) is 0 Å². The molecule has 11 nitrogen and oxygen atoms in total. The summed E-state index contributed by atoms with van der Waals surface area (Å²) in [6.07, 6.45) is -0.0750. The van der Waals surface area contributed by atoms with E-state index in [0.717, 1.165) is 12.8 Å². The van der Waals surface area contributed by atoms with Gasteiger partial charge in [0.2, 0.25) is 0 Å². The SMILES string of the molecule is CCCCOC(=O)Oc1ccc(C[C@H](N)C(=O)O[C@@H](C)C(C)OC(=O)CC(C)(C)C)cc1OC(=O)OCCCC. The molecule has 0 heterocycles. The van der Waals surface area contributed by atoms with Gasteiger partial charge in [0.15, 0.2) is 11.5 Å². The number of unbranched alkanes of at least 4 members (excludes halogenated alkanes) is 2. The van der Waals surface area contributed by atoms with Crippen molar-refractivity contribution in [1.82, 2.24) is 0 Å². The third-order valence-electron chi connectivity index (χ3n) is 5.54.